The lowest BCUT2D eigenvalue weighted by Crippen LogP contribution is -2.40. The molecule has 8 nitrogen and oxygen atoms in total. The molecule has 2 N–H and O–H groups in total. The van der Waals surface area contributed by atoms with Crippen molar-refractivity contribution in [1.29, 1.82) is 0 Å². The standard InChI is InChI=1S/C25H33N3O5S/c1-14(2)28(11-18(29)13-32-19-10-8-7-9-16(19)5)12-20-26-23(30)21-17(6)22(34-24(21)27-20)25(31)33-15(3)4/h7-10,14-15,18,29H,11-13H2,1-6H3,(H,26,27,30). The van der Waals surface area contributed by atoms with Crippen LogP contribution in [0.5, 0.6) is 5.75 Å². The molecule has 2 heterocycles. The number of thiophene rings is 1. The highest BCUT2D eigenvalue weighted by molar-refractivity contribution is 7.20. The third-order valence-electron chi connectivity index (χ3n) is 5.43. The number of aliphatic hydroxyl groups is 1. The molecule has 9 heteroatoms. The van der Waals surface area contributed by atoms with Crippen molar-refractivity contribution in [2.75, 3.05) is 13.2 Å². The number of benzene rings is 1. The van der Waals surface area contributed by atoms with Crippen LogP contribution in [-0.2, 0) is 11.3 Å². The third-order valence-corrected chi connectivity index (χ3v) is 6.60. The van der Waals surface area contributed by atoms with E-state index in [0.717, 1.165) is 11.3 Å². The number of nitrogens with one attached hydrogen (secondary N) is 1. The van der Waals surface area contributed by atoms with E-state index in [1.807, 2.05) is 49.9 Å². The molecule has 0 spiro atoms. The number of ether oxygens (including phenoxy) is 2. The van der Waals surface area contributed by atoms with Crippen LogP contribution in [0.25, 0.3) is 10.2 Å². The molecule has 0 amide bonds. The number of nitrogens with zero attached hydrogens (tertiary/aromatic N) is 2. The highest BCUT2D eigenvalue weighted by Gasteiger charge is 2.22. The second-order valence-corrected chi connectivity index (χ2v) is 9.96. The number of aromatic amines is 1. The van der Waals surface area contributed by atoms with Crippen LogP contribution in [0.3, 0.4) is 0 Å². The second-order valence-electron chi connectivity index (χ2n) is 8.96. The van der Waals surface area contributed by atoms with Gasteiger partial charge in [0.05, 0.1) is 18.0 Å². The van der Waals surface area contributed by atoms with Gasteiger partial charge in [0.25, 0.3) is 5.56 Å². The predicted molar refractivity (Wildman–Crippen MR) is 134 cm³/mol. The molecule has 0 fully saturated rings. The zero-order valence-electron chi connectivity index (χ0n) is 20.5. The van der Waals surface area contributed by atoms with Crippen LogP contribution < -0.4 is 10.3 Å². The van der Waals surface area contributed by atoms with Gasteiger partial charge in [0, 0.05) is 12.6 Å². The van der Waals surface area contributed by atoms with Gasteiger partial charge >= 0.3 is 5.97 Å². The molecule has 184 valence electrons. The summed E-state index contributed by atoms with van der Waals surface area (Å²) in [5.41, 5.74) is 1.30. The lowest BCUT2D eigenvalue weighted by Gasteiger charge is -2.28. The van der Waals surface area contributed by atoms with E-state index >= 15 is 0 Å². The Bertz CT molecular complexity index is 1200. The van der Waals surface area contributed by atoms with Crippen molar-refractivity contribution in [3.8, 4) is 5.75 Å². The number of H-pyrrole nitrogens is 1. The smallest absolute Gasteiger partial charge is 0.348 e. The summed E-state index contributed by atoms with van der Waals surface area (Å²) in [6, 6.07) is 7.76. The van der Waals surface area contributed by atoms with Gasteiger partial charge < -0.3 is 19.6 Å². The van der Waals surface area contributed by atoms with Crippen molar-refractivity contribution in [2.24, 2.45) is 0 Å². The minimum absolute atomic E-state index is 0.0933. The summed E-state index contributed by atoms with van der Waals surface area (Å²) < 4.78 is 11.1. The normalized spacial score (nSPS) is 12.6. The number of aromatic nitrogens is 2. The largest absolute Gasteiger partial charge is 0.491 e. The fraction of sp³-hybridized carbons (Fsp3) is 0.480. The van der Waals surface area contributed by atoms with E-state index in [4.69, 9.17) is 9.47 Å². The number of hydrogen-bond donors (Lipinski definition) is 2. The minimum Gasteiger partial charge on any atom is -0.491 e. The molecule has 0 aliphatic carbocycles. The average Bonchev–Trinajstić information content (AvgIpc) is 3.09. The molecule has 0 saturated heterocycles. The van der Waals surface area contributed by atoms with E-state index in [9.17, 15) is 14.7 Å². The molecule has 3 rings (SSSR count). The summed E-state index contributed by atoms with van der Waals surface area (Å²) in [7, 11) is 0. The van der Waals surface area contributed by atoms with Gasteiger partial charge in [0.1, 0.15) is 34.0 Å². The lowest BCUT2D eigenvalue weighted by atomic mass is 10.2. The van der Waals surface area contributed by atoms with Gasteiger partial charge in [-0.3, -0.25) is 9.69 Å². The molecule has 0 saturated carbocycles. The fourth-order valence-corrected chi connectivity index (χ4v) is 4.69. The number of carbonyl (C=O) groups is 1. The van der Waals surface area contributed by atoms with Crippen LogP contribution in [0.15, 0.2) is 29.1 Å². The number of aliphatic hydroxyl groups excluding tert-OH is 1. The van der Waals surface area contributed by atoms with Crippen LogP contribution in [-0.4, -0.2) is 57.3 Å². The molecule has 0 aliphatic rings. The Morgan fingerprint density at radius 3 is 2.56 bits per heavy atom. The van der Waals surface area contributed by atoms with Gasteiger partial charge in [-0.25, -0.2) is 9.78 Å². The Kier molecular flexibility index (Phi) is 8.46. The summed E-state index contributed by atoms with van der Waals surface area (Å²) in [6.45, 7) is 12.1. The summed E-state index contributed by atoms with van der Waals surface area (Å²) in [5.74, 6) is 0.772. The van der Waals surface area contributed by atoms with Crippen LogP contribution in [0.1, 0.15) is 54.3 Å². The molecule has 34 heavy (non-hydrogen) atoms. The molecule has 0 bridgehead atoms. The van der Waals surface area contributed by atoms with E-state index in [0.29, 0.717) is 39.6 Å². The second kappa shape index (κ2) is 11.1. The lowest BCUT2D eigenvalue weighted by molar-refractivity contribution is 0.0383. The number of rotatable bonds is 10. The summed E-state index contributed by atoms with van der Waals surface area (Å²) in [6.07, 6.45) is -0.974. The zero-order valence-corrected chi connectivity index (χ0v) is 21.4. The predicted octanol–water partition coefficient (Wildman–Crippen LogP) is 3.82. The van der Waals surface area contributed by atoms with Gasteiger partial charge in [-0.15, -0.1) is 11.3 Å². The van der Waals surface area contributed by atoms with Gasteiger partial charge in [-0.1, -0.05) is 18.2 Å². The van der Waals surface area contributed by atoms with Crippen LogP contribution >= 0.6 is 11.3 Å². The number of esters is 1. The molecule has 1 atom stereocenters. The molecular formula is C25H33N3O5S. The minimum atomic E-state index is -0.723. The first-order valence-electron chi connectivity index (χ1n) is 11.4. The SMILES string of the molecule is Cc1ccccc1OCC(O)CN(Cc1nc2sc(C(=O)OC(C)C)c(C)c2c(=O)[nH]1)C(C)C. The van der Waals surface area contributed by atoms with Gasteiger partial charge in [-0.2, -0.15) is 0 Å². The first-order chi connectivity index (χ1) is 16.1. The fourth-order valence-electron chi connectivity index (χ4n) is 3.60. The van der Waals surface area contributed by atoms with Crippen LogP contribution in [0, 0.1) is 13.8 Å². The maximum atomic E-state index is 12.8. The maximum Gasteiger partial charge on any atom is 0.348 e. The van der Waals surface area contributed by atoms with Gasteiger partial charge in [0.2, 0.25) is 0 Å². The van der Waals surface area contributed by atoms with Crippen molar-refractivity contribution >= 4 is 27.5 Å². The first-order valence-corrected chi connectivity index (χ1v) is 12.2. The van der Waals surface area contributed by atoms with Gasteiger partial charge in [0.15, 0.2) is 0 Å². The van der Waals surface area contributed by atoms with E-state index in [2.05, 4.69) is 9.97 Å². The quantitative estimate of drug-likeness (QED) is 0.419. The first kappa shape index (κ1) is 25.9. The topological polar surface area (TPSA) is 105 Å². The van der Waals surface area contributed by atoms with Crippen LogP contribution in [0.2, 0.25) is 0 Å². The molecule has 2 aromatic heterocycles. The number of aryl methyl sites for hydroxylation is 2. The maximum absolute atomic E-state index is 12.8. The van der Waals surface area contributed by atoms with E-state index in [1.54, 1.807) is 20.8 Å². The third kappa shape index (κ3) is 6.22. The summed E-state index contributed by atoms with van der Waals surface area (Å²) in [4.78, 5) is 35.6. The highest BCUT2D eigenvalue weighted by atomic mass is 32.1. The number of para-hydroxylation sites is 1. The zero-order chi connectivity index (χ0) is 25.0. The molecule has 1 aromatic carbocycles. The Morgan fingerprint density at radius 2 is 1.91 bits per heavy atom. The summed E-state index contributed by atoms with van der Waals surface area (Å²) >= 11 is 1.17. The molecule has 0 radical (unpaired) electrons. The molecule has 0 aliphatic heterocycles. The van der Waals surface area contributed by atoms with Crippen molar-refractivity contribution in [2.45, 2.75) is 66.3 Å². The Hall–Kier alpha value is -2.75. The van der Waals surface area contributed by atoms with E-state index < -0.39 is 12.1 Å². The van der Waals surface area contributed by atoms with Gasteiger partial charge in [-0.05, 0) is 58.7 Å². The Labute approximate surface area is 203 Å². The number of hydrogen-bond acceptors (Lipinski definition) is 8. The molecular weight excluding hydrogens is 454 g/mol. The highest BCUT2D eigenvalue weighted by Crippen LogP contribution is 2.28. The monoisotopic (exact) mass is 487 g/mol. The van der Waals surface area contributed by atoms with Crippen LogP contribution in [0.4, 0.5) is 0 Å². The van der Waals surface area contributed by atoms with Crippen molar-refractivity contribution in [3.05, 3.63) is 56.4 Å². The Morgan fingerprint density at radius 1 is 1.21 bits per heavy atom. The van der Waals surface area contributed by atoms with E-state index in [1.165, 1.54) is 11.3 Å². The molecule has 1 unspecified atom stereocenters. The van der Waals surface area contributed by atoms with Crippen molar-refractivity contribution in [3.63, 3.8) is 0 Å². The number of fused-ring (bicyclic) bond motifs is 1. The summed E-state index contributed by atoms with van der Waals surface area (Å²) in [5, 5.41) is 11.0. The average molecular weight is 488 g/mol. The Balaban J connectivity index is 1.75. The van der Waals surface area contributed by atoms with E-state index in [-0.39, 0.29) is 24.3 Å². The number of carbonyl (C=O) groups excluding carboxylic acids is 1. The van der Waals surface area contributed by atoms with Crippen molar-refractivity contribution < 1.29 is 19.4 Å². The molecule has 3 aromatic rings. The van der Waals surface area contributed by atoms with Crippen molar-refractivity contribution in [1.82, 2.24) is 14.9 Å².